The Kier molecular flexibility index (Phi) is 3.88. The van der Waals surface area contributed by atoms with E-state index in [4.69, 9.17) is 11.6 Å². The predicted octanol–water partition coefficient (Wildman–Crippen LogP) is 5.89. The zero-order valence-electron chi connectivity index (χ0n) is 15.6. The highest BCUT2D eigenvalue weighted by Gasteiger charge is 2.16. The van der Waals surface area contributed by atoms with Crippen LogP contribution in [0, 0.1) is 0 Å². The second-order valence-electron chi connectivity index (χ2n) is 7.09. The molecule has 0 aliphatic rings. The molecule has 0 unspecified atom stereocenters. The predicted molar refractivity (Wildman–Crippen MR) is 118 cm³/mol. The average Bonchev–Trinajstić information content (AvgIpc) is 3.33. The van der Waals surface area contributed by atoms with Gasteiger partial charge in [-0.15, -0.1) is 0 Å². The van der Waals surface area contributed by atoms with Crippen molar-refractivity contribution in [2.24, 2.45) is 0 Å². The maximum Gasteiger partial charge on any atom is 0.146 e. The summed E-state index contributed by atoms with van der Waals surface area (Å²) in [6.45, 7) is 0. The molecule has 138 valence electrons. The van der Waals surface area contributed by atoms with E-state index in [1.807, 2.05) is 26.4 Å². The number of nitrogens with one attached hydrogen (secondary N) is 1. The number of hydrogen-bond acceptors (Lipinski definition) is 2. The molecular formula is C23H19ClN4. The number of rotatable bonds is 3. The second kappa shape index (κ2) is 6.43. The monoisotopic (exact) mass is 386 g/mol. The molecule has 0 aliphatic carbocycles. The number of aromatic nitrogens is 3. The van der Waals surface area contributed by atoms with Crippen LogP contribution in [0.15, 0.2) is 73.2 Å². The smallest absolute Gasteiger partial charge is 0.146 e. The molecule has 5 heteroatoms. The van der Waals surface area contributed by atoms with Crippen LogP contribution >= 0.6 is 11.6 Å². The van der Waals surface area contributed by atoms with Crippen LogP contribution in [0.4, 0.5) is 5.69 Å². The minimum absolute atomic E-state index is 0.704. The van der Waals surface area contributed by atoms with Gasteiger partial charge in [0.2, 0.25) is 0 Å². The van der Waals surface area contributed by atoms with Crippen LogP contribution in [0.5, 0.6) is 0 Å². The number of fused-ring (bicyclic) bond motifs is 2. The number of aromatic amines is 1. The van der Waals surface area contributed by atoms with Crippen LogP contribution in [0.3, 0.4) is 0 Å². The van der Waals surface area contributed by atoms with Crippen LogP contribution in [0.2, 0.25) is 5.02 Å². The van der Waals surface area contributed by atoms with Gasteiger partial charge in [0.25, 0.3) is 0 Å². The molecule has 0 radical (unpaired) electrons. The number of benzene rings is 2. The van der Waals surface area contributed by atoms with E-state index in [0.717, 1.165) is 39.1 Å². The van der Waals surface area contributed by atoms with Crippen molar-refractivity contribution >= 4 is 39.2 Å². The van der Waals surface area contributed by atoms with Gasteiger partial charge < -0.3 is 14.5 Å². The molecule has 0 bridgehead atoms. The van der Waals surface area contributed by atoms with Crippen molar-refractivity contribution in [1.82, 2.24) is 14.5 Å². The lowest BCUT2D eigenvalue weighted by Crippen LogP contribution is -2.08. The maximum absolute atomic E-state index is 6.61. The largest absolute Gasteiger partial charge is 0.378 e. The Morgan fingerprint density at radius 3 is 2.61 bits per heavy atom. The van der Waals surface area contributed by atoms with Crippen molar-refractivity contribution in [3.8, 4) is 16.8 Å². The molecule has 0 atom stereocenters. The van der Waals surface area contributed by atoms with Crippen molar-refractivity contribution < 1.29 is 0 Å². The zero-order chi connectivity index (χ0) is 19.3. The van der Waals surface area contributed by atoms with Crippen molar-refractivity contribution in [2.45, 2.75) is 0 Å². The van der Waals surface area contributed by atoms with E-state index in [1.54, 1.807) is 6.20 Å². The summed E-state index contributed by atoms with van der Waals surface area (Å²) in [4.78, 5) is 10.0. The number of pyridine rings is 1. The van der Waals surface area contributed by atoms with Gasteiger partial charge in [-0.25, -0.2) is 4.98 Å². The molecule has 5 rings (SSSR count). The molecule has 28 heavy (non-hydrogen) atoms. The number of anilines is 1. The summed E-state index contributed by atoms with van der Waals surface area (Å²) < 4.78 is 2.11. The fourth-order valence-electron chi connectivity index (χ4n) is 3.66. The van der Waals surface area contributed by atoms with Gasteiger partial charge in [0.15, 0.2) is 0 Å². The fourth-order valence-corrected chi connectivity index (χ4v) is 3.90. The Balaban J connectivity index is 1.74. The van der Waals surface area contributed by atoms with E-state index in [1.165, 1.54) is 5.39 Å². The molecule has 0 fully saturated rings. The third-order valence-electron chi connectivity index (χ3n) is 5.15. The summed E-state index contributed by atoms with van der Waals surface area (Å²) in [6, 6.07) is 18.8. The van der Waals surface area contributed by atoms with Gasteiger partial charge in [-0.1, -0.05) is 23.7 Å². The topological polar surface area (TPSA) is 36.9 Å². The summed E-state index contributed by atoms with van der Waals surface area (Å²) in [7, 11) is 4.08. The van der Waals surface area contributed by atoms with E-state index < -0.39 is 0 Å². The van der Waals surface area contributed by atoms with Crippen LogP contribution in [0.1, 0.15) is 0 Å². The number of hydrogen-bond donors (Lipinski definition) is 1. The van der Waals surface area contributed by atoms with E-state index in [2.05, 4.69) is 74.2 Å². The Labute approximate surface area is 168 Å². The lowest BCUT2D eigenvalue weighted by Gasteiger charge is -2.13. The minimum atomic E-state index is 0.704. The van der Waals surface area contributed by atoms with Gasteiger partial charge in [0.1, 0.15) is 5.65 Å². The Hall–Kier alpha value is -3.24. The lowest BCUT2D eigenvalue weighted by molar-refractivity contribution is 1.08. The number of nitrogens with zero attached hydrogens (tertiary/aromatic N) is 3. The minimum Gasteiger partial charge on any atom is -0.378 e. The quantitative estimate of drug-likeness (QED) is 0.419. The highest BCUT2D eigenvalue weighted by molar-refractivity contribution is 6.36. The standard InChI is InChI=1S/C23H19ClN4/c1-27(2)17-5-7-18(8-6-17)28-14-19(22-20(24)10-12-26-23(22)28)16-4-3-15-9-11-25-21(15)13-16/h3-14,25H,1-2H3. The average molecular weight is 387 g/mol. The Morgan fingerprint density at radius 2 is 1.82 bits per heavy atom. The molecule has 0 saturated carbocycles. The van der Waals surface area contributed by atoms with E-state index in [9.17, 15) is 0 Å². The molecule has 4 nitrogen and oxygen atoms in total. The number of H-pyrrole nitrogens is 1. The van der Waals surface area contributed by atoms with Crippen molar-refractivity contribution in [3.05, 3.63) is 78.2 Å². The molecule has 1 N–H and O–H groups in total. The van der Waals surface area contributed by atoms with Crippen LogP contribution < -0.4 is 4.90 Å². The van der Waals surface area contributed by atoms with Gasteiger partial charge in [-0.05, 0) is 53.4 Å². The zero-order valence-corrected chi connectivity index (χ0v) is 16.4. The van der Waals surface area contributed by atoms with Gasteiger partial charge in [-0.2, -0.15) is 0 Å². The SMILES string of the molecule is CN(C)c1ccc(-n2cc(-c3ccc4cc[nH]c4c3)c3c(Cl)ccnc32)cc1. The second-order valence-corrected chi connectivity index (χ2v) is 7.50. The van der Waals surface area contributed by atoms with Crippen molar-refractivity contribution in [3.63, 3.8) is 0 Å². The fraction of sp³-hybridized carbons (Fsp3) is 0.0870. The van der Waals surface area contributed by atoms with Crippen molar-refractivity contribution in [2.75, 3.05) is 19.0 Å². The Morgan fingerprint density at radius 1 is 1.00 bits per heavy atom. The summed E-state index contributed by atoms with van der Waals surface area (Å²) in [5.41, 5.74) is 6.35. The molecule has 2 aromatic carbocycles. The van der Waals surface area contributed by atoms with Gasteiger partial charge in [0, 0.05) is 60.5 Å². The molecule has 0 amide bonds. The lowest BCUT2D eigenvalue weighted by atomic mass is 10.0. The first-order chi connectivity index (χ1) is 13.6. The molecule has 3 aromatic heterocycles. The molecule has 0 saturated heterocycles. The molecule has 0 aliphatic heterocycles. The summed E-state index contributed by atoms with van der Waals surface area (Å²) in [5, 5.41) is 2.86. The van der Waals surface area contributed by atoms with Gasteiger partial charge >= 0.3 is 0 Å². The third kappa shape index (κ3) is 2.65. The normalized spacial score (nSPS) is 11.4. The molecular weight excluding hydrogens is 368 g/mol. The summed E-state index contributed by atoms with van der Waals surface area (Å²) in [6.07, 6.45) is 5.84. The van der Waals surface area contributed by atoms with Gasteiger partial charge in [-0.3, -0.25) is 0 Å². The number of halogens is 1. The van der Waals surface area contributed by atoms with E-state index in [0.29, 0.717) is 5.02 Å². The first-order valence-corrected chi connectivity index (χ1v) is 9.50. The van der Waals surface area contributed by atoms with Crippen molar-refractivity contribution in [1.29, 1.82) is 0 Å². The first-order valence-electron chi connectivity index (χ1n) is 9.13. The van der Waals surface area contributed by atoms with Crippen LogP contribution in [-0.2, 0) is 0 Å². The maximum atomic E-state index is 6.61. The Bertz CT molecular complexity index is 1300. The molecule has 3 heterocycles. The van der Waals surface area contributed by atoms with Crippen LogP contribution in [0.25, 0.3) is 38.8 Å². The van der Waals surface area contributed by atoms with E-state index in [-0.39, 0.29) is 0 Å². The third-order valence-corrected chi connectivity index (χ3v) is 5.46. The highest BCUT2D eigenvalue weighted by Crippen LogP contribution is 2.37. The van der Waals surface area contributed by atoms with E-state index >= 15 is 0 Å². The molecule has 5 aromatic rings. The highest BCUT2D eigenvalue weighted by atomic mass is 35.5. The van der Waals surface area contributed by atoms with Gasteiger partial charge in [0.05, 0.1) is 5.02 Å². The summed E-state index contributed by atoms with van der Waals surface area (Å²) in [5.74, 6) is 0. The summed E-state index contributed by atoms with van der Waals surface area (Å²) >= 11 is 6.61. The molecule has 0 spiro atoms. The van der Waals surface area contributed by atoms with Crippen LogP contribution in [-0.4, -0.2) is 28.6 Å². The first kappa shape index (κ1) is 16.9.